The van der Waals surface area contributed by atoms with Crippen LogP contribution in [0.4, 0.5) is 0 Å². The van der Waals surface area contributed by atoms with Crippen LogP contribution < -0.4 is 5.32 Å². The van der Waals surface area contributed by atoms with Crippen molar-refractivity contribution < 1.29 is 4.74 Å². The molecule has 2 rings (SSSR count). The van der Waals surface area contributed by atoms with E-state index in [1.165, 1.54) is 38.6 Å². The van der Waals surface area contributed by atoms with Gasteiger partial charge < -0.3 is 10.1 Å². The summed E-state index contributed by atoms with van der Waals surface area (Å²) in [5.74, 6) is 0.869. The lowest BCUT2D eigenvalue weighted by Gasteiger charge is -2.34. The standard InChI is InChI=1S/C14H25NO/c1-14(7-9-16-10-8-14)12-15-11-13-5-3-2-4-6-13/h2-3,13,15H,4-12H2,1H3. The highest BCUT2D eigenvalue weighted by molar-refractivity contribution is 4.91. The molecule has 1 saturated heterocycles. The van der Waals surface area contributed by atoms with E-state index in [4.69, 9.17) is 4.74 Å². The zero-order valence-corrected chi connectivity index (χ0v) is 10.5. The fraction of sp³-hybridized carbons (Fsp3) is 0.857. The monoisotopic (exact) mass is 223 g/mol. The lowest BCUT2D eigenvalue weighted by atomic mass is 9.82. The topological polar surface area (TPSA) is 21.3 Å². The molecule has 92 valence electrons. The maximum absolute atomic E-state index is 5.42. The Morgan fingerprint density at radius 1 is 1.31 bits per heavy atom. The molecule has 2 heteroatoms. The molecule has 0 aromatic heterocycles. The van der Waals surface area contributed by atoms with Gasteiger partial charge in [0.25, 0.3) is 0 Å². The highest BCUT2D eigenvalue weighted by Gasteiger charge is 2.26. The lowest BCUT2D eigenvalue weighted by Crippen LogP contribution is -2.38. The molecule has 1 N–H and O–H groups in total. The predicted molar refractivity (Wildman–Crippen MR) is 67.5 cm³/mol. The minimum atomic E-state index is 0.475. The second-order valence-corrected chi connectivity index (χ2v) is 5.70. The van der Waals surface area contributed by atoms with Crippen LogP contribution in [0.5, 0.6) is 0 Å². The van der Waals surface area contributed by atoms with E-state index >= 15 is 0 Å². The van der Waals surface area contributed by atoms with Crippen molar-refractivity contribution in [3.8, 4) is 0 Å². The fourth-order valence-corrected chi connectivity index (χ4v) is 2.66. The molecule has 2 nitrogen and oxygen atoms in total. The molecule has 0 spiro atoms. The second kappa shape index (κ2) is 5.83. The second-order valence-electron chi connectivity index (χ2n) is 5.70. The number of nitrogens with one attached hydrogen (secondary N) is 1. The number of hydrogen-bond acceptors (Lipinski definition) is 2. The van der Waals surface area contributed by atoms with E-state index < -0.39 is 0 Å². The third-order valence-corrected chi connectivity index (χ3v) is 4.06. The molecule has 0 radical (unpaired) electrons. The van der Waals surface area contributed by atoms with Crippen molar-refractivity contribution in [3.63, 3.8) is 0 Å². The van der Waals surface area contributed by atoms with E-state index in [0.29, 0.717) is 5.41 Å². The lowest BCUT2D eigenvalue weighted by molar-refractivity contribution is 0.0237. The first-order valence-electron chi connectivity index (χ1n) is 6.72. The van der Waals surface area contributed by atoms with Crippen LogP contribution in [0.3, 0.4) is 0 Å². The smallest absolute Gasteiger partial charge is 0.0471 e. The Balaban J connectivity index is 1.64. The molecule has 1 fully saturated rings. The summed E-state index contributed by atoms with van der Waals surface area (Å²) in [5, 5.41) is 3.68. The molecule has 0 amide bonds. The fourth-order valence-electron chi connectivity index (χ4n) is 2.66. The summed E-state index contributed by atoms with van der Waals surface area (Å²) in [6, 6.07) is 0. The Labute approximate surface area is 99.4 Å². The normalized spacial score (nSPS) is 29.2. The highest BCUT2D eigenvalue weighted by Crippen LogP contribution is 2.28. The van der Waals surface area contributed by atoms with Crippen molar-refractivity contribution in [1.82, 2.24) is 5.32 Å². The summed E-state index contributed by atoms with van der Waals surface area (Å²) in [7, 11) is 0. The van der Waals surface area contributed by atoms with E-state index in [1.807, 2.05) is 0 Å². The van der Waals surface area contributed by atoms with Gasteiger partial charge in [0.2, 0.25) is 0 Å². The third kappa shape index (κ3) is 3.60. The molecular weight excluding hydrogens is 198 g/mol. The molecule has 1 atom stereocenters. The zero-order valence-electron chi connectivity index (χ0n) is 10.5. The Morgan fingerprint density at radius 3 is 2.81 bits per heavy atom. The van der Waals surface area contributed by atoms with Crippen molar-refractivity contribution in [2.75, 3.05) is 26.3 Å². The van der Waals surface area contributed by atoms with Crippen LogP contribution in [0.25, 0.3) is 0 Å². The molecule has 1 aliphatic carbocycles. The molecule has 16 heavy (non-hydrogen) atoms. The van der Waals surface area contributed by atoms with Crippen LogP contribution in [0.15, 0.2) is 12.2 Å². The van der Waals surface area contributed by atoms with Gasteiger partial charge in [-0.2, -0.15) is 0 Å². The Hall–Kier alpha value is -0.340. The van der Waals surface area contributed by atoms with Crippen LogP contribution >= 0.6 is 0 Å². The summed E-state index contributed by atoms with van der Waals surface area (Å²) in [6.07, 6.45) is 11.0. The largest absolute Gasteiger partial charge is 0.381 e. The SMILES string of the molecule is CC1(CNCC2CC=CCC2)CCOCC1. The third-order valence-electron chi connectivity index (χ3n) is 4.06. The molecule has 0 bridgehead atoms. The molecule has 0 aromatic rings. The van der Waals surface area contributed by atoms with Crippen molar-refractivity contribution >= 4 is 0 Å². The molecule has 1 aliphatic heterocycles. The minimum Gasteiger partial charge on any atom is -0.381 e. The maximum atomic E-state index is 5.42. The minimum absolute atomic E-state index is 0.475. The van der Waals surface area contributed by atoms with Gasteiger partial charge in [-0.05, 0) is 50.0 Å². The first-order chi connectivity index (χ1) is 7.79. The van der Waals surface area contributed by atoms with Crippen molar-refractivity contribution in [3.05, 3.63) is 12.2 Å². The van der Waals surface area contributed by atoms with Crippen molar-refractivity contribution in [2.45, 2.75) is 39.0 Å². The van der Waals surface area contributed by atoms with Crippen LogP contribution in [0, 0.1) is 11.3 Å². The van der Waals surface area contributed by atoms with E-state index in [2.05, 4.69) is 24.4 Å². The highest BCUT2D eigenvalue weighted by atomic mass is 16.5. The predicted octanol–water partition coefficient (Wildman–Crippen LogP) is 2.75. The number of hydrogen-bond donors (Lipinski definition) is 1. The number of rotatable bonds is 4. The molecule has 0 aromatic carbocycles. The maximum Gasteiger partial charge on any atom is 0.0471 e. The van der Waals surface area contributed by atoms with Gasteiger partial charge in [-0.25, -0.2) is 0 Å². The first-order valence-corrected chi connectivity index (χ1v) is 6.72. The molecule has 1 heterocycles. The Kier molecular flexibility index (Phi) is 4.42. The summed E-state index contributed by atoms with van der Waals surface area (Å²) >= 11 is 0. The van der Waals surface area contributed by atoms with Crippen molar-refractivity contribution in [1.29, 1.82) is 0 Å². The van der Waals surface area contributed by atoms with Gasteiger partial charge in [-0.1, -0.05) is 19.1 Å². The van der Waals surface area contributed by atoms with Gasteiger partial charge in [0.15, 0.2) is 0 Å². The van der Waals surface area contributed by atoms with Gasteiger partial charge in [-0.15, -0.1) is 0 Å². The molecule has 0 saturated carbocycles. The van der Waals surface area contributed by atoms with Crippen LogP contribution in [0.1, 0.15) is 39.0 Å². The van der Waals surface area contributed by atoms with E-state index in [-0.39, 0.29) is 0 Å². The van der Waals surface area contributed by atoms with Gasteiger partial charge in [0.1, 0.15) is 0 Å². The van der Waals surface area contributed by atoms with Gasteiger partial charge in [0, 0.05) is 19.8 Å². The van der Waals surface area contributed by atoms with Crippen LogP contribution in [0.2, 0.25) is 0 Å². The first kappa shape index (κ1) is 12.1. The van der Waals surface area contributed by atoms with E-state index in [1.54, 1.807) is 0 Å². The van der Waals surface area contributed by atoms with Gasteiger partial charge >= 0.3 is 0 Å². The summed E-state index contributed by atoms with van der Waals surface area (Å²) in [6.45, 7) is 6.65. The average molecular weight is 223 g/mol. The zero-order chi connectivity index (χ0) is 11.3. The average Bonchev–Trinajstić information content (AvgIpc) is 2.31. The summed E-state index contributed by atoms with van der Waals surface area (Å²) in [5.41, 5.74) is 0.475. The number of allylic oxidation sites excluding steroid dienone is 2. The Bertz CT molecular complexity index is 231. The van der Waals surface area contributed by atoms with Crippen LogP contribution in [-0.4, -0.2) is 26.3 Å². The number of ether oxygens (including phenoxy) is 1. The van der Waals surface area contributed by atoms with E-state index in [9.17, 15) is 0 Å². The summed E-state index contributed by atoms with van der Waals surface area (Å²) in [4.78, 5) is 0. The Morgan fingerprint density at radius 2 is 2.12 bits per heavy atom. The molecule has 2 aliphatic rings. The quantitative estimate of drug-likeness (QED) is 0.740. The van der Waals surface area contributed by atoms with Gasteiger partial charge in [0.05, 0.1) is 0 Å². The van der Waals surface area contributed by atoms with Crippen molar-refractivity contribution in [2.24, 2.45) is 11.3 Å². The molecule has 1 unspecified atom stereocenters. The van der Waals surface area contributed by atoms with Crippen LogP contribution in [-0.2, 0) is 4.74 Å². The van der Waals surface area contributed by atoms with E-state index in [0.717, 1.165) is 25.7 Å². The molecular formula is C14H25NO. The van der Waals surface area contributed by atoms with Gasteiger partial charge in [-0.3, -0.25) is 0 Å². The summed E-state index contributed by atoms with van der Waals surface area (Å²) < 4.78 is 5.42.